The van der Waals surface area contributed by atoms with E-state index in [0.717, 1.165) is 64.2 Å². The van der Waals surface area contributed by atoms with Crippen LogP contribution < -0.4 is 0 Å². The van der Waals surface area contributed by atoms with Crippen molar-refractivity contribution < 1.29 is 46.8 Å². The van der Waals surface area contributed by atoms with Gasteiger partial charge in [0.25, 0.3) is 0 Å². The van der Waals surface area contributed by atoms with Crippen LogP contribution >= 0.6 is 7.82 Å². The maximum atomic E-state index is 12.7. The molecule has 0 spiro atoms. The van der Waals surface area contributed by atoms with Crippen LogP contribution in [0.15, 0.2) is 60.8 Å². The van der Waals surface area contributed by atoms with Crippen LogP contribution in [0.3, 0.4) is 0 Å². The number of ether oxygens (including phenoxy) is 3. The molecule has 1 aliphatic heterocycles. The number of esters is 2. The first kappa shape index (κ1) is 52.7. The second kappa shape index (κ2) is 34.5. The lowest BCUT2D eigenvalue weighted by molar-refractivity contribution is -0.870. The molecule has 0 amide bonds. The van der Waals surface area contributed by atoms with E-state index < -0.39 is 32.5 Å². The third-order valence-corrected chi connectivity index (χ3v) is 10.4. The molecule has 328 valence electrons. The van der Waals surface area contributed by atoms with E-state index in [1.165, 1.54) is 44.9 Å². The van der Waals surface area contributed by atoms with E-state index in [2.05, 4.69) is 68.5 Å². The molecule has 57 heavy (non-hydrogen) atoms. The average Bonchev–Trinajstić information content (AvgIpc) is 3.91. The number of carbonyl (C=O) groups excluding carboxylic acids is 2. The van der Waals surface area contributed by atoms with Gasteiger partial charge in [-0.2, -0.15) is 0 Å². The molecule has 11 heteroatoms. The molecule has 1 heterocycles. The number of hydrogen-bond acceptors (Lipinski definition) is 8. The maximum Gasteiger partial charge on any atom is 0.472 e. The summed E-state index contributed by atoms with van der Waals surface area (Å²) < 4.78 is 39.9. The Morgan fingerprint density at radius 3 is 1.81 bits per heavy atom. The molecule has 1 saturated heterocycles. The molecule has 1 N–H and O–H groups in total. The molecule has 0 bridgehead atoms. The molecular formula is C46H81NO9P+. The number of nitrogens with zero attached hydrogens (tertiary/aromatic N) is 1. The normalized spacial score (nSPS) is 17.7. The maximum absolute atomic E-state index is 12.7. The number of phosphoric ester groups is 1. The highest BCUT2D eigenvalue weighted by Gasteiger charge is 2.36. The predicted molar refractivity (Wildman–Crippen MR) is 233 cm³/mol. The van der Waals surface area contributed by atoms with E-state index in [9.17, 15) is 19.0 Å². The standard InChI is InChI=1S/C46H80NO9P/c1-6-8-10-11-12-13-14-15-16-17-18-22-25-28-32-36-45(48)52-40-42(41-54-57(50,51)53-39-38-47(3,4)5)55-46(49)37-33-29-26-23-20-19-21-24-27-31-35-44-43(56-44)34-30-9-7-2/h9,15-16,19,21,23,26-27,30-31,42-44H,6-8,10-14,17-18,20,22,24-25,28-29,32-41H2,1-5H3/p+1/b16-15-,21-19-,26-23-,30-9-,31-27-. The minimum absolute atomic E-state index is 0.0151. The molecule has 0 aromatic rings. The van der Waals surface area contributed by atoms with Gasteiger partial charge in [-0.05, 0) is 77.0 Å². The van der Waals surface area contributed by atoms with Gasteiger partial charge in [0.1, 0.15) is 19.8 Å². The average molecular weight is 823 g/mol. The number of quaternary nitrogens is 1. The lowest BCUT2D eigenvalue weighted by Gasteiger charge is -2.24. The van der Waals surface area contributed by atoms with Crippen LogP contribution in [-0.4, -0.2) is 87.1 Å². The molecule has 0 aromatic heterocycles. The fraction of sp³-hybridized carbons (Fsp3) is 0.739. The monoisotopic (exact) mass is 823 g/mol. The number of hydrogen-bond donors (Lipinski definition) is 1. The second-order valence-electron chi connectivity index (χ2n) is 16.1. The number of rotatable bonds is 38. The molecule has 0 saturated carbocycles. The number of allylic oxidation sites excluding steroid dienone is 8. The Hall–Kier alpha value is -2.33. The fourth-order valence-corrected chi connectivity index (χ4v) is 6.59. The van der Waals surface area contributed by atoms with E-state index in [0.29, 0.717) is 42.5 Å². The van der Waals surface area contributed by atoms with Gasteiger partial charge in [0.05, 0.1) is 40.0 Å². The van der Waals surface area contributed by atoms with Crippen LogP contribution in [0, 0.1) is 0 Å². The van der Waals surface area contributed by atoms with Crippen LogP contribution in [0.25, 0.3) is 0 Å². The van der Waals surface area contributed by atoms with Crippen LogP contribution in [0.5, 0.6) is 0 Å². The van der Waals surface area contributed by atoms with Gasteiger partial charge in [-0.15, -0.1) is 0 Å². The Balaban J connectivity index is 2.33. The Morgan fingerprint density at radius 1 is 0.649 bits per heavy atom. The topological polar surface area (TPSA) is 121 Å². The number of carbonyl (C=O) groups is 2. The third kappa shape index (κ3) is 35.3. The van der Waals surface area contributed by atoms with Gasteiger partial charge in [0.2, 0.25) is 0 Å². The van der Waals surface area contributed by atoms with E-state index >= 15 is 0 Å². The van der Waals surface area contributed by atoms with E-state index in [4.69, 9.17) is 23.3 Å². The largest absolute Gasteiger partial charge is 0.472 e. The number of unbranched alkanes of at least 4 members (excludes halogenated alkanes) is 12. The summed E-state index contributed by atoms with van der Waals surface area (Å²) >= 11 is 0. The molecule has 4 atom stereocenters. The first-order chi connectivity index (χ1) is 27.5. The van der Waals surface area contributed by atoms with Crippen molar-refractivity contribution >= 4 is 19.8 Å². The molecule has 0 aromatic carbocycles. The van der Waals surface area contributed by atoms with E-state index in [1.807, 2.05) is 27.2 Å². The molecule has 0 radical (unpaired) electrons. The van der Waals surface area contributed by atoms with Crippen molar-refractivity contribution in [1.82, 2.24) is 0 Å². The fourth-order valence-electron chi connectivity index (χ4n) is 5.85. The first-order valence-electron chi connectivity index (χ1n) is 22.1. The summed E-state index contributed by atoms with van der Waals surface area (Å²) in [6.07, 6.45) is 43.1. The summed E-state index contributed by atoms with van der Waals surface area (Å²) in [5.74, 6) is -0.886. The van der Waals surface area contributed by atoms with Crippen LogP contribution in [0.2, 0.25) is 0 Å². The van der Waals surface area contributed by atoms with Crippen molar-refractivity contribution in [2.24, 2.45) is 0 Å². The summed E-state index contributed by atoms with van der Waals surface area (Å²) in [5, 5.41) is 0. The molecule has 1 aliphatic rings. The van der Waals surface area contributed by atoms with Crippen molar-refractivity contribution in [3.8, 4) is 0 Å². The minimum Gasteiger partial charge on any atom is -0.462 e. The van der Waals surface area contributed by atoms with E-state index in [1.54, 1.807) is 0 Å². The summed E-state index contributed by atoms with van der Waals surface area (Å²) in [6.45, 7) is 4.20. The van der Waals surface area contributed by atoms with Crippen LogP contribution in [0.1, 0.15) is 155 Å². The number of phosphoric acid groups is 1. The van der Waals surface area contributed by atoms with Gasteiger partial charge in [-0.1, -0.05) is 126 Å². The van der Waals surface area contributed by atoms with Gasteiger partial charge in [0, 0.05) is 12.8 Å². The van der Waals surface area contributed by atoms with Crippen molar-refractivity contribution in [2.75, 3.05) is 47.5 Å². The predicted octanol–water partition coefficient (Wildman–Crippen LogP) is 11.5. The molecule has 0 aliphatic carbocycles. The lowest BCUT2D eigenvalue weighted by atomic mass is 10.1. The number of likely N-dealkylation sites (N-methyl/N-ethyl adjacent to an activating group) is 1. The summed E-state index contributed by atoms with van der Waals surface area (Å²) in [7, 11) is 1.42. The highest BCUT2D eigenvalue weighted by Crippen LogP contribution is 2.43. The molecule has 1 fully saturated rings. The first-order valence-corrected chi connectivity index (χ1v) is 23.6. The number of epoxide rings is 1. The van der Waals surface area contributed by atoms with Gasteiger partial charge < -0.3 is 23.6 Å². The third-order valence-electron chi connectivity index (χ3n) is 9.43. The van der Waals surface area contributed by atoms with Crippen molar-refractivity contribution in [1.29, 1.82) is 0 Å². The van der Waals surface area contributed by atoms with Gasteiger partial charge >= 0.3 is 19.8 Å². The zero-order valence-electron chi connectivity index (χ0n) is 36.5. The quantitative estimate of drug-likeness (QED) is 0.0162. The Kier molecular flexibility index (Phi) is 31.9. The van der Waals surface area contributed by atoms with Gasteiger partial charge in [-0.3, -0.25) is 18.6 Å². The Morgan fingerprint density at radius 2 is 1.18 bits per heavy atom. The highest BCUT2D eigenvalue weighted by molar-refractivity contribution is 7.47. The molecular weight excluding hydrogens is 741 g/mol. The van der Waals surface area contributed by atoms with Crippen molar-refractivity contribution in [3.05, 3.63) is 60.8 Å². The van der Waals surface area contributed by atoms with Crippen LogP contribution in [-0.2, 0) is 37.4 Å². The van der Waals surface area contributed by atoms with Crippen molar-refractivity contribution in [3.63, 3.8) is 0 Å². The zero-order valence-corrected chi connectivity index (χ0v) is 37.4. The summed E-state index contributed by atoms with van der Waals surface area (Å²) in [6, 6.07) is 0. The van der Waals surface area contributed by atoms with Crippen molar-refractivity contribution in [2.45, 2.75) is 173 Å². The van der Waals surface area contributed by atoms with Crippen LogP contribution in [0.4, 0.5) is 0 Å². The van der Waals surface area contributed by atoms with E-state index in [-0.39, 0.29) is 26.1 Å². The summed E-state index contributed by atoms with van der Waals surface area (Å²) in [4.78, 5) is 35.4. The zero-order chi connectivity index (χ0) is 41.9. The second-order valence-corrected chi connectivity index (χ2v) is 17.5. The van der Waals surface area contributed by atoms with Gasteiger partial charge in [0.15, 0.2) is 6.10 Å². The lowest BCUT2D eigenvalue weighted by Crippen LogP contribution is -2.37. The molecule has 10 nitrogen and oxygen atoms in total. The Labute approximate surface area is 347 Å². The Bertz CT molecular complexity index is 1220. The van der Waals surface area contributed by atoms with Gasteiger partial charge in [-0.25, -0.2) is 4.57 Å². The molecule has 1 rings (SSSR count). The minimum atomic E-state index is -4.40. The highest BCUT2D eigenvalue weighted by atomic mass is 31.2. The smallest absolute Gasteiger partial charge is 0.462 e. The summed E-state index contributed by atoms with van der Waals surface area (Å²) in [5.41, 5.74) is 0. The molecule has 4 unspecified atom stereocenters. The SMILES string of the molecule is CC/C=C\CC1OC1C/C=C\C/C=C\C/C=C\CCCC(=O)OC(COC(=O)CCCCCCC/C=C\CCCCCCCC)COP(=O)(O)OCC[N+](C)(C)C.